The van der Waals surface area contributed by atoms with Gasteiger partial charge in [-0.05, 0) is 48.2 Å². The highest BCUT2D eigenvalue weighted by atomic mass is 16.6. The van der Waals surface area contributed by atoms with Crippen molar-refractivity contribution in [2.24, 2.45) is 0 Å². The van der Waals surface area contributed by atoms with Gasteiger partial charge in [0, 0.05) is 12.0 Å². The molecule has 0 saturated heterocycles. The van der Waals surface area contributed by atoms with Crippen molar-refractivity contribution in [1.82, 2.24) is 5.32 Å². The number of amides is 1. The van der Waals surface area contributed by atoms with E-state index in [4.69, 9.17) is 14.2 Å². The predicted octanol–water partition coefficient (Wildman–Crippen LogP) is 2.86. The molecule has 0 aromatic heterocycles. The van der Waals surface area contributed by atoms with E-state index in [0.717, 1.165) is 35.7 Å². The average molecular weight is 353 g/mol. The molecule has 2 aromatic carbocycles. The van der Waals surface area contributed by atoms with Crippen molar-refractivity contribution in [2.45, 2.75) is 24.7 Å². The zero-order valence-electron chi connectivity index (χ0n) is 14.9. The molecule has 0 radical (unpaired) electrons. The normalized spacial score (nSPS) is 16.7. The van der Waals surface area contributed by atoms with Gasteiger partial charge in [-0.2, -0.15) is 0 Å². The van der Waals surface area contributed by atoms with Crippen molar-refractivity contribution < 1.29 is 19.0 Å². The molecule has 1 aliphatic carbocycles. The van der Waals surface area contributed by atoms with Gasteiger partial charge in [-0.1, -0.05) is 18.2 Å². The smallest absolute Gasteiger partial charge is 0.224 e. The molecule has 1 N–H and O–H groups in total. The monoisotopic (exact) mass is 353 g/mol. The highest BCUT2D eigenvalue weighted by Gasteiger charge is 2.44. The first-order chi connectivity index (χ1) is 12.7. The number of carbonyl (C=O) groups excluding carboxylic acids is 1. The molecule has 1 amide bonds. The van der Waals surface area contributed by atoms with E-state index in [-0.39, 0.29) is 11.3 Å². The molecule has 5 heteroatoms. The molecule has 136 valence electrons. The van der Waals surface area contributed by atoms with E-state index in [1.807, 2.05) is 30.3 Å². The third kappa shape index (κ3) is 3.47. The van der Waals surface area contributed by atoms with Crippen LogP contribution in [0.25, 0.3) is 0 Å². The molecule has 4 rings (SSSR count). The van der Waals surface area contributed by atoms with Gasteiger partial charge in [0.2, 0.25) is 5.91 Å². The van der Waals surface area contributed by atoms with Crippen LogP contribution in [0.4, 0.5) is 0 Å². The van der Waals surface area contributed by atoms with Crippen molar-refractivity contribution in [2.75, 3.05) is 26.9 Å². The Morgan fingerprint density at radius 1 is 1.08 bits per heavy atom. The quantitative estimate of drug-likeness (QED) is 0.868. The molecule has 0 unspecified atom stereocenters. The summed E-state index contributed by atoms with van der Waals surface area (Å²) in [6.07, 6.45) is 2.53. The van der Waals surface area contributed by atoms with Crippen LogP contribution in [-0.2, 0) is 16.6 Å². The number of benzene rings is 2. The first-order valence-corrected chi connectivity index (χ1v) is 8.98. The van der Waals surface area contributed by atoms with E-state index in [0.29, 0.717) is 26.2 Å². The van der Waals surface area contributed by atoms with E-state index in [1.165, 1.54) is 5.56 Å². The van der Waals surface area contributed by atoms with E-state index in [9.17, 15) is 4.79 Å². The van der Waals surface area contributed by atoms with Crippen LogP contribution < -0.4 is 19.5 Å². The SMILES string of the molecule is COc1ccc(CC(=O)NCC2(c3ccc4c(c3)OCCO4)CC2)cc1. The molecule has 0 bridgehead atoms. The standard InChI is InChI=1S/C21H23NO4/c1-24-17-5-2-15(3-6-17)12-20(23)22-14-21(8-9-21)16-4-7-18-19(13-16)26-11-10-25-18/h2-7,13H,8-12,14H2,1H3,(H,22,23). The van der Waals surface area contributed by atoms with Crippen LogP contribution in [0.15, 0.2) is 42.5 Å². The largest absolute Gasteiger partial charge is 0.497 e. The van der Waals surface area contributed by atoms with Crippen LogP contribution in [0.2, 0.25) is 0 Å². The Hall–Kier alpha value is -2.69. The Morgan fingerprint density at radius 2 is 1.81 bits per heavy atom. The van der Waals surface area contributed by atoms with E-state index < -0.39 is 0 Å². The maximum atomic E-state index is 12.3. The molecule has 1 heterocycles. The van der Waals surface area contributed by atoms with Gasteiger partial charge in [0.1, 0.15) is 19.0 Å². The van der Waals surface area contributed by atoms with Gasteiger partial charge in [0.15, 0.2) is 11.5 Å². The van der Waals surface area contributed by atoms with Gasteiger partial charge in [-0.25, -0.2) is 0 Å². The van der Waals surface area contributed by atoms with Gasteiger partial charge < -0.3 is 19.5 Å². The Balaban J connectivity index is 1.37. The third-order valence-corrected chi connectivity index (χ3v) is 5.16. The lowest BCUT2D eigenvalue weighted by Crippen LogP contribution is -2.33. The van der Waals surface area contributed by atoms with Crippen LogP contribution in [-0.4, -0.2) is 32.8 Å². The highest BCUT2D eigenvalue weighted by molar-refractivity contribution is 5.78. The minimum absolute atomic E-state index is 0.0331. The molecule has 2 aromatic rings. The summed E-state index contributed by atoms with van der Waals surface area (Å²) in [5, 5.41) is 3.10. The zero-order chi connectivity index (χ0) is 18.0. The maximum Gasteiger partial charge on any atom is 0.224 e. The number of hydrogen-bond acceptors (Lipinski definition) is 4. The topological polar surface area (TPSA) is 56.8 Å². The van der Waals surface area contributed by atoms with Gasteiger partial charge >= 0.3 is 0 Å². The summed E-state index contributed by atoms with van der Waals surface area (Å²) in [4.78, 5) is 12.3. The second-order valence-corrected chi connectivity index (χ2v) is 6.94. The summed E-state index contributed by atoms with van der Waals surface area (Å²) in [7, 11) is 1.63. The Bertz CT molecular complexity index is 796. The van der Waals surface area contributed by atoms with E-state index in [2.05, 4.69) is 17.4 Å². The minimum Gasteiger partial charge on any atom is -0.497 e. The van der Waals surface area contributed by atoms with Crippen LogP contribution in [0.3, 0.4) is 0 Å². The Labute approximate surface area is 153 Å². The van der Waals surface area contributed by atoms with E-state index in [1.54, 1.807) is 7.11 Å². The zero-order valence-corrected chi connectivity index (χ0v) is 14.9. The lowest BCUT2D eigenvalue weighted by Gasteiger charge is -2.22. The summed E-state index contributed by atoms with van der Waals surface area (Å²) >= 11 is 0. The number of rotatable bonds is 6. The molecule has 26 heavy (non-hydrogen) atoms. The lowest BCUT2D eigenvalue weighted by molar-refractivity contribution is -0.120. The number of methoxy groups -OCH3 is 1. The molecule has 0 atom stereocenters. The van der Waals surface area contributed by atoms with Crippen LogP contribution in [0.1, 0.15) is 24.0 Å². The Morgan fingerprint density at radius 3 is 2.50 bits per heavy atom. The van der Waals surface area contributed by atoms with Crippen LogP contribution >= 0.6 is 0 Å². The summed E-state index contributed by atoms with van der Waals surface area (Å²) < 4.78 is 16.4. The molecule has 1 aliphatic heterocycles. The first-order valence-electron chi connectivity index (χ1n) is 8.98. The molecule has 2 aliphatic rings. The maximum absolute atomic E-state index is 12.3. The number of carbonyl (C=O) groups is 1. The van der Waals surface area contributed by atoms with Crippen LogP contribution in [0, 0.1) is 0 Å². The third-order valence-electron chi connectivity index (χ3n) is 5.16. The van der Waals surface area contributed by atoms with Gasteiger partial charge in [0.25, 0.3) is 0 Å². The van der Waals surface area contributed by atoms with Crippen molar-refractivity contribution in [3.05, 3.63) is 53.6 Å². The lowest BCUT2D eigenvalue weighted by atomic mass is 9.95. The number of hydrogen-bond donors (Lipinski definition) is 1. The van der Waals surface area contributed by atoms with Crippen molar-refractivity contribution in [1.29, 1.82) is 0 Å². The van der Waals surface area contributed by atoms with Crippen molar-refractivity contribution in [3.63, 3.8) is 0 Å². The molecule has 5 nitrogen and oxygen atoms in total. The van der Waals surface area contributed by atoms with Gasteiger partial charge in [0.05, 0.1) is 13.5 Å². The summed E-state index contributed by atoms with van der Waals surface area (Å²) in [5.41, 5.74) is 2.23. The summed E-state index contributed by atoms with van der Waals surface area (Å²) in [5.74, 6) is 2.45. The average Bonchev–Trinajstić information content (AvgIpc) is 3.48. The fraction of sp³-hybridized carbons (Fsp3) is 0.381. The van der Waals surface area contributed by atoms with Crippen LogP contribution in [0.5, 0.6) is 17.2 Å². The minimum atomic E-state index is 0.0331. The van der Waals surface area contributed by atoms with Crippen molar-refractivity contribution >= 4 is 5.91 Å². The van der Waals surface area contributed by atoms with Crippen molar-refractivity contribution in [3.8, 4) is 17.2 Å². The van der Waals surface area contributed by atoms with Gasteiger partial charge in [-0.3, -0.25) is 4.79 Å². The van der Waals surface area contributed by atoms with Gasteiger partial charge in [-0.15, -0.1) is 0 Å². The fourth-order valence-electron chi connectivity index (χ4n) is 3.35. The highest BCUT2D eigenvalue weighted by Crippen LogP contribution is 2.49. The summed E-state index contributed by atoms with van der Waals surface area (Å²) in [6.45, 7) is 1.84. The number of nitrogens with one attached hydrogen (secondary N) is 1. The fourth-order valence-corrected chi connectivity index (χ4v) is 3.35. The first kappa shape index (κ1) is 16.8. The molecule has 1 fully saturated rings. The number of ether oxygens (including phenoxy) is 3. The second-order valence-electron chi connectivity index (χ2n) is 6.94. The predicted molar refractivity (Wildman–Crippen MR) is 98.1 cm³/mol. The molecule has 1 saturated carbocycles. The second kappa shape index (κ2) is 6.90. The Kier molecular flexibility index (Phi) is 4.45. The molecular formula is C21H23NO4. The molecule has 0 spiro atoms. The molecular weight excluding hydrogens is 330 g/mol. The number of fused-ring (bicyclic) bond motifs is 1. The summed E-state index contributed by atoms with van der Waals surface area (Å²) in [6, 6.07) is 13.7. The van der Waals surface area contributed by atoms with E-state index >= 15 is 0 Å².